The summed E-state index contributed by atoms with van der Waals surface area (Å²) in [4.78, 5) is 35.7. The largest absolute Gasteiger partial charge is 0.449 e. The normalized spacial score (nSPS) is 11.7. The van der Waals surface area contributed by atoms with Crippen LogP contribution in [0.15, 0.2) is 97.1 Å². The highest BCUT2D eigenvalue weighted by molar-refractivity contribution is 5.99. The van der Waals surface area contributed by atoms with Crippen molar-refractivity contribution in [2.45, 2.75) is 33.3 Å². The Morgan fingerprint density at radius 3 is 2.03 bits per heavy atom. The van der Waals surface area contributed by atoms with Gasteiger partial charge >= 0.3 is 5.97 Å². The van der Waals surface area contributed by atoms with Crippen LogP contribution in [0.4, 0.5) is 5.69 Å². The summed E-state index contributed by atoms with van der Waals surface area (Å²) in [6.07, 6.45) is -0.204. The Kier molecular flexibility index (Phi) is 7.46. The average molecular weight is 516 g/mol. The van der Waals surface area contributed by atoms with Crippen LogP contribution in [0.3, 0.4) is 0 Å². The molecule has 0 aliphatic carbocycles. The van der Waals surface area contributed by atoms with Gasteiger partial charge < -0.3 is 10.1 Å². The highest BCUT2D eigenvalue weighted by Crippen LogP contribution is 2.31. The Balaban J connectivity index is 1.42. The van der Waals surface area contributed by atoms with Crippen LogP contribution < -0.4 is 5.32 Å². The Labute approximate surface area is 227 Å². The number of benzene rings is 4. The van der Waals surface area contributed by atoms with Crippen LogP contribution in [0.25, 0.3) is 33.5 Å². The van der Waals surface area contributed by atoms with Gasteiger partial charge in [-0.15, -0.1) is 0 Å². The van der Waals surface area contributed by atoms with Crippen molar-refractivity contribution in [2.75, 3.05) is 5.32 Å². The number of amides is 1. The number of hydrogen-bond donors (Lipinski definition) is 1. The summed E-state index contributed by atoms with van der Waals surface area (Å²) >= 11 is 0. The monoisotopic (exact) mass is 515 g/mol. The van der Waals surface area contributed by atoms with Crippen LogP contribution in [0, 0.1) is 6.92 Å². The number of fused-ring (bicyclic) bond motifs is 1. The van der Waals surface area contributed by atoms with Crippen molar-refractivity contribution in [1.29, 1.82) is 0 Å². The molecule has 0 saturated heterocycles. The fourth-order valence-electron chi connectivity index (χ4n) is 4.48. The molecular formula is C33H29N3O3. The number of aromatic nitrogens is 2. The number of para-hydroxylation sites is 1. The molecule has 0 aliphatic rings. The summed E-state index contributed by atoms with van der Waals surface area (Å²) in [6, 6.07) is 30.7. The molecule has 1 N–H and O–H groups in total. The predicted molar refractivity (Wildman–Crippen MR) is 154 cm³/mol. The molecule has 0 fully saturated rings. The molecule has 5 aromatic rings. The van der Waals surface area contributed by atoms with E-state index in [0.717, 1.165) is 45.7 Å². The van der Waals surface area contributed by atoms with E-state index >= 15 is 0 Å². The number of ether oxygens (including phenoxy) is 1. The second-order valence-corrected chi connectivity index (χ2v) is 9.36. The molecule has 0 bridgehead atoms. The smallest absolute Gasteiger partial charge is 0.338 e. The number of hydrogen-bond acceptors (Lipinski definition) is 5. The van der Waals surface area contributed by atoms with E-state index in [1.54, 1.807) is 25.1 Å². The van der Waals surface area contributed by atoms with Crippen LogP contribution in [0.1, 0.15) is 35.3 Å². The first-order valence-electron chi connectivity index (χ1n) is 13.0. The minimum atomic E-state index is -0.982. The van der Waals surface area contributed by atoms with Crippen molar-refractivity contribution in [2.24, 2.45) is 0 Å². The number of nitrogens with one attached hydrogen (secondary N) is 1. The van der Waals surface area contributed by atoms with Gasteiger partial charge in [-0.1, -0.05) is 85.8 Å². The standard InChI is InChI=1S/C33H29N3O3/c1-4-23-17-11-12-21(2)29(23)36-32(37)22(3)39-33(38)26-18-19-27-28(20-26)35-31(25-15-9-6-10-16-25)30(34-27)24-13-7-5-8-14-24/h5-20,22H,4H2,1-3H3,(H,36,37). The fraction of sp³-hybridized carbons (Fsp3) is 0.152. The first-order chi connectivity index (χ1) is 18.9. The molecule has 0 radical (unpaired) electrons. The molecule has 6 nitrogen and oxygen atoms in total. The molecule has 6 heteroatoms. The second-order valence-electron chi connectivity index (χ2n) is 9.36. The van der Waals surface area contributed by atoms with Crippen LogP contribution in [0.2, 0.25) is 0 Å². The summed E-state index contributed by atoms with van der Waals surface area (Å²) in [6.45, 7) is 5.54. The van der Waals surface area contributed by atoms with Gasteiger partial charge in [0, 0.05) is 16.8 Å². The fourth-order valence-corrected chi connectivity index (χ4v) is 4.48. The van der Waals surface area contributed by atoms with Gasteiger partial charge in [-0.25, -0.2) is 14.8 Å². The number of esters is 1. The van der Waals surface area contributed by atoms with Crippen molar-refractivity contribution in [3.63, 3.8) is 0 Å². The minimum Gasteiger partial charge on any atom is -0.449 e. The lowest BCUT2D eigenvalue weighted by Gasteiger charge is -2.17. The highest BCUT2D eigenvalue weighted by atomic mass is 16.5. The molecule has 1 heterocycles. The van der Waals surface area contributed by atoms with E-state index < -0.39 is 12.1 Å². The van der Waals surface area contributed by atoms with Crippen molar-refractivity contribution < 1.29 is 14.3 Å². The first kappa shape index (κ1) is 25.8. The summed E-state index contributed by atoms with van der Waals surface area (Å²) in [7, 11) is 0. The number of aryl methyl sites for hydroxylation is 2. The quantitative estimate of drug-likeness (QED) is 0.236. The van der Waals surface area contributed by atoms with Gasteiger partial charge in [0.05, 0.1) is 28.0 Å². The molecule has 1 amide bonds. The number of carbonyl (C=O) groups is 2. The topological polar surface area (TPSA) is 81.2 Å². The van der Waals surface area contributed by atoms with E-state index in [0.29, 0.717) is 16.6 Å². The summed E-state index contributed by atoms with van der Waals surface area (Å²) in [5.41, 5.74) is 7.62. The number of nitrogens with zero attached hydrogens (tertiary/aromatic N) is 2. The molecule has 0 aliphatic heterocycles. The van der Waals surface area contributed by atoms with Crippen molar-refractivity contribution in [3.8, 4) is 22.5 Å². The molecule has 1 aromatic heterocycles. The second kappa shape index (κ2) is 11.3. The van der Waals surface area contributed by atoms with Gasteiger partial charge in [0.1, 0.15) is 0 Å². The van der Waals surface area contributed by atoms with E-state index in [4.69, 9.17) is 14.7 Å². The Hall–Kier alpha value is -4.84. The van der Waals surface area contributed by atoms with E-state index in [-0.39, 0.29) is 5.91 Å². The third-order valence-corrected chi connectivity index (χ3v) is 6.64. The van der Waals surface area contributed by atoms with Crippen molar-refractivity contribution >= 4 is 28.6 Å². The lowest BCUT2D eigenvalue weighted by molar-refractivity contribution is -0.123. The van der Waals surface area contributed by atoms with Crippen LogP contribution >= 0.6 is 0 Å². The third-order valence-electron chi connectivity index (χ3n) is 6.64. The zero-order valence-electron chi connectivity index (χ0n) is 22.1. The molecule has 39 heavy (non-hydrogen) atoms. The molecule has 1 unspecified atom stereocenters. The molecule has 5 rings (SSSR count). The molecular weight excluding hydrogens is 486 g/mol. The predicted octanol–water partition coefficient (Wildman–Crippen LogP) is 7.02. The Morgan fingerprint density at radius 1 is 0.795 bits per heavy atom. The van der Waals surface area contributed by atoms with E-state index in [1.165, 1.54) is 0 Å². The molecule has 1 atom stereocenters. The SMILES string of the molecule is CCc1cccc(C)c1NC(=O)C(C)OC(=O)c1ccc2nc(-c3ccccc3)c(-c3ccccc3)nc2c1. The van der Waals surface area contributed by atoms with E-state index in [1.807, 2.05) is 92.7 Å². The van der Waals surface area contributed by atoms with Crippen molar-refractivity contribution in [1.82, 2.24) is 9.97 Å². The Morgan fingerprint density at radius 2 is 1.41 bits per heavy atom. The third kappa shape index (κ3) is 5.55. The summed E-state index contributed by atoms with van der Waals surface area (Å²) < 4.78 is 5.54. The van der Waals surface area contributed by atoms with Gasteiger partial charge in [0.25, 0.3) is 5.91 Å². The van der Waals surface area contributed by atoms with E-state index in [9.17, 15) is 9.59 Å². The van der Waals surface area contributed by atoms with E-state index in [2.05, 4.69) is 5.32 Å². The minimum absolute atomic E-state index is 0.299. The maximum Gasteiger partial charge on any atom is 0.338 e. The molecule has 4 aromatic carbocycles. The molecule has 0 spiro atoms. The lowest BCUT2D eigenvalue weighted by atomic mass is 10.0. The summed E-state index contributed by atoms with van der Waals surface area (Å²) in [5.74, 6) is -0.984. The van der Waals surface area contributed by atoms with Gasteiger partial charge in [-0.2, -0.15) is 0 Å². The van der Waals surface area contributed by atoms with Crippen LogP contribution in [-0.2, 0) is 16.0 Å². The molecule has 0 saturated carbocycles. The zero-order chi connectivity index (χ0) is 27.4. The maximum atomic E-state index is 13.0. The van der Waals surface area contributed by atoms with Gasteiger partial charge in [0.15, 0.2) is 6.10 Å². The molecule has 194 valence electrons. The number of carbonyl (C=O) groups excluding carboxylic acids is 2. The lowest BCUT2D eigenvalue weighted by Crippen LogP contribution is -2.30. The van der Waals surface area contributed by atoms with Crippen molar-refractivity contribution in [3.05, 3.63) is 114 Å². The van der Waals surface area contributed by atoms with Gasteiger partial charge in [-0.3, -0.25) is 4.79 Å². The maximum absolute atomic E-state index is 13.0. The average Bonchev–Trinajstić information content (AvgIpc) is 2.98. The zero-order valence-corrected chi connectivity index (χ0v) is 22.1. The number of anilines is 1. The van der Waals surface area contributed by atoms with Gasteiger partial charge in [0.2, 0.25) is 0 Å². The number of rotatable bonds is 7. The van der Waals surface area contributed by atoms with Crippen LogP contribution in [-0.4, -0.2) is 27.9 Å². The van der Waals surface area contributed by atoms with Crippen LogP contribution in [0.5, 0.6) is 0 Å². The van der Waals surface area contributed by atoms with Gasteiger partial charge in [-0.05, 0) is 49.6 Å². The summed E-state index contributed by atoms with van der Waals surface area (Å²) in [5, 5.41) is 2.92. The Bertz CT molecular complexity index is 1650. The highest BCUT2D eigenvalue weighted by Gasteiger charge is 2.21. The first-order valence-corrected chi connectivity index (χ1v) is 13.0.